The molecule has 2 aliphatic rings. The number of nitrogens with one attached hydrogen (secondary N) is 1. The fraction of sp³-hybridized carbons (Fsp3) is 0.714. The number of rotatable bonds is 0. The van der Waals surface area contributed by atoms with E-state index in [-0.39, 0.29) is 18.0 Å². The monoisotopic (exact) mass is 169 g/mol. The maximum Gasteiger partial charge on any atom is 0.338 e. The van der Waals surface area contributed by atoms with Crippen molar-refractivity contribution in [1.29, 1.82) is 0 Å². The van der Waals surface area contributed by atoms with Crippen LogP contribution in [0.5, 0.6) is 0 Å². The Kier molecular flexibility index (Phi) is 1.54. The number of imide groups is 1. The van der Waals surface area contributed by atoms with Gasteiger partial charge in [-0.3, -0.25) is 15.1 Å². The first-order valence-electron chi connectivity index (χ1n) is 4.09. The third-order valence-corrected chi connectivity index (χ3v) is 2.36. The molecule has 2 rings (SSSR count). The summed E-state index contributed by atoms with van der Waals surface area (Å²) >= 11 is 0. The van der Waals surface area contributed by atoms with Crippen LogP contribution in [-0.4, -0.2) is 41.1 Å². The number of hydrogen-bond acceptors (Lipinski definition) is 3. The van der Waals surface area contributed by atoms with Gasteiger partial charge >= 0.3 is 6.03 Å². The zero-order valence-electron chi connectivity index (χ0n) is 6.91. The Morgan fingerprint density at radius 1 is 1.42 bits per heavy atom. The summed E-state index contributed by atoms with van der Waals surface area (Å²) in [6, 6.07) is -0.485. The van der Waals surface area contributed by atoms with E-state index in [0.717, 1.165) is 19.5 Å². The van der Waals surface area contributed by atoms with Gasteiger partial charge in [-0.15, -0.1) is 0 Å². The maximum atomic E-state index is 11.2. The smallest absolute Gasteiger partial charge is 0.275 e. The second-order valence-corrected chi connectivity index (χ2v) is 3.11. The summed E-state index contributed by atoms with van der Waals surface area (Å²) in [6.07, 6.45) is 0.949. The van der Waals surface area contributed by atoms with E-state index < -0.39 is 0 Å². The fourth-order valence-electron chi connectivity index (χ4n) is 1.66. The third kappa shape index (κ3) is 0.896. The summed E-state index contributed by atoms with van der Waals surface area (Å²) in [5.74, 6) is -0.196. The summed E-state index contributed by atoms with van der Waals surface area (Å²) in [7, 11) is 0. The molecule has 0 aromatic heterocycles. The molecule has 1 unspecified atom stereocenters. The normalized spacial score (nSPS) is 30.4. The van der Waals surface area contributed by atoms with Gasteiger partial charge in [0, 0.05) is 13.1 Å². The van der Waals surface area contributed by atoms with Gasteiger partial charge < -0.3 is 0 Å². The second-order valence-electron chi connectivity index (χ2n) is 3.11. The highest BCUT2D eigenvalue weighted by molar-refractivity contribution is 5.98. The lowest BCUT2D eigenvalue weighted by atomic mass is 10.3. The summed E-state index contributed by atoms with van der Waals surface area (Å²) in [6.45, 7) is 3.34. The third-order valence-electron chi connectivity index (χ3n) is 2.36. The molecular formula is C7H11N3O2. The van der Waals surface area contributed by atoms with Crippen molar-refractivity contribution in [3.8, 4) is 0 Å². The van der Waals surface area contributed by atoms with Gasteiger partial charge in [0.2, 0.25) is 5.91 Å². The van der Waals surface area contributed by atoms with Crippen LogP contribution in [-0.2, 0) is 4.79 Å². The molecule has 1 N–H and O–H groups in total. The van der Waals surface area contributed by atoms with E-state index in [1.54, 1.807) is 11.9 Å². The molecule has 1 atom stereocenters. The summed E-state index contributed by atoms with van der Waals surface area (Å²) < 4.78 is 0. The number of nitrogens with zero attached hydrogens (tertiary/aromatic N) is 2. The summed E-state index contributed by atoms with van der Waals surface area (Å²) in [5.41, 5.74) is 0. The molecule has 3 amide bonds. The highest BCUT2D eigenvalue weighted by Gasteiger charge is 2.39. The summed E-state index contributed by atoms with van der Waals surface area (Å²) in [5, 5.41) is 5.73. The van der Waals surface area contributed by atoms with E-state index in [0.29, 0.717) is 0 Å². The Morgan fingerprint density at radius 3 is 2.92 bits per heavy atom. The quantitative estimate of drug-likeness (QED) is 0.534. The molecule has 2 saturated heterocycles. The zero-order chi connectivity index (χ0) is 8.72. The lowest BCUT2D eigenvalue weighted by molar-refractivity contribution is -0.133. The minimum atomic E-state index is -0.282. The Morgan fingerprint density at radius 2 is 2.17 bits per heavy atom. The first kappa shape index (κ1) is 7.54. The van der Waals surface area contributed by atoms with Crippen molar-refractivity contribution in [1.82, 2.24) is 15.3 Å². The molecule has 5 nitrogen and oxygen atoms in total. The number of hydrazine groups is 1. The molecule has 0 aromatic rings. The van der Waals surface area contributed by atoms with E-state index in [1.165, 1.54) is 0 Å². The molecule has 0 aromatic carbocycles. The van der Waals surface area contributed by atoms with Crippen LogP contribution in [0.25, 0.3) is 0 Å². The van der Waals surface area contributed by atoms with Gasteiger partial charge in [0.15, 0.2) is 0 Å². The van der Waals surface area contributed by atoms with Crippen molar-refractivity contribution < 1.29 is 9.59 Å². The van der Waals surface area contributed by atoms with Gasteiger partial charge in [0.25, 0.3) is 0 Å². The molecule has 2 fully saturated rings. The van der Waals surface area contributed by atoms with Crippen LogP contribution in [0.1, 0.15) is 13.3 Å². The molecule has 0 bridgehead atoms. The van der Waals surface area contributed by atoms with Crippen molar-refractivity contribution in [3.63, 3.8) is 0 Å². The largest absolute Gasteiger partial charge is 0.338 e. The molecular weight excluding hydrogens is 158 g/mol. The van der Waals surface area contributed by atoms with E-state index in [4.69, 9.17) is 0 Å². The SMILES string of the molecule is CC1C(=O)NC(=O)N2CCCN12. The molecule has 0 saturated carbocycles. The highest BCUT2D eigenvalue weighted by atomic mass is 16.2. The Bertz CT molecular complexity index is 241. The number of carbonyl (C=O) groups excluding carboxylic acids is 2. The van der Waals surface area contributed by atoms with Crippen LogP contribution in [0.15, 0.2) is 0 Å². The topological polar surface area (TPSA) is 52.7 Å². The van der Waals surface area contributed by atoms with Gasteiger partial charge in [0.05, 0.1) is 0 Å². The Hall–Kier alpha value is -1.10. The molecule has 12 heavy (non-hydrogen) atoms. The van der Waals surface area contributed by atoms with E-state index >= 15 is 0 Å². The highest BCUT2D eigenvalue weighted by Crippen LogP contribution is 2.17. The zero-order valence-corrected chi connectivity index (χ0v) is 6.91. The van der Waals surface area contributed by atoms with Crippen LogP contribution in [0.4, 0.5) is 4.79 Å². The average Bonchev–Trinajstić information content (AvgIpc) is 2.48. The molecule has 2 aliphatic heterocycles. The standard InChI is InChI=1S/C7H11N3O2/c1-5-6(11)8-7(12)10-4-2-3-9(5)10/h5H,2-4H2,1H3,(H,8,11,12). The van der Waals surface area contributed by atoms with E-state index in [1.807, 2.05) is 5.01 Å². The molecule has 5 heteroatoms. The van der Waals surface area contributed by atoms with Crippen LogP contribution in [0.2, 0.25) is 0 Å². The van der Waals surface area contributed by atoms with Gasteiger partial charge in [-0.25, -0.2) is 9.80 Å². The van der Waals surface area contributed by atoms with Crippen molar-refractivity contribution in [3.05, 3.63) is 0 Å². The average molecular weight is 169 g/mol. The number of amides is 3. The first-order chi connectivity index (χ1) is 5.70. The molecule has 0 aliphatic carbocycles. The van der Waals surface area contributed by atoms with Gasteiger partial charge in [-0.1, -0.05) is 0 Å². The van der Waals surface area contributed by atoms with E-state index in [2.05, 4.69) is 5.32 Å². The predicted molar refractivity (Wildman–Crippen MR) is 41.0 cm³/mol. The van der Waals surface area contributed by atoms with E-state index in [9.17, 15) is 9.59 Å². The van der Waals surface area contributed by atoms with Crippen LogP contribution in [0.3, 0.4) is 0 Å². The van der Waals surface area contributed by atoms with Gasteiger partial charge in [0.1, 0.15) is 6.04 Å². The molecule has 2 heterocycles. The first-order valence-corrected chi connectivity index (χ1v) is 4.09. The van der Waals surface area contributed by atoms with Crippen molar-refractivity contribution in [2.45, 2.75) is 19.4 Å². The van der Waals surface area contributed by atoms with Crippen LogP contribution in [0, 0.1) is 0 Å². The molecule has 66 valence electrons. The second kappa shape index (κ2) is 2.45. The van der Waals surface area contributed by atoms with Crippen molar-refractivity contribution in [2.24, 2.45) is 0 Å². The minimum absolute atomic E-state index is 0.196. The molecule has 0 radical (unpaired) electrons. The maximum absolute atomic E-state index is 11.2. The van der Waals surface area contributed by atoms with Gasteiger partial charge in [-0.2, -0.15) is 0 Å². The van der Waals surface area contributed by atoms with Crippen molar-refractivity contribution >= 4 is 11.9 Å². The summed E-state index contributed by atoms with van der Waals surface area (Å²) in [4.78, 5) is 22.3. The Labute approximate surface area is 70.3 Å². The van der Waals surface area contributed by atoms with Crippen LogP contribution < -0.4 is 5.32 Å². The minimum Gasteiger partial charge on any atom is -0.275 e. The van der Waals surface area contributed by atoms with Gasteiger partial charge in [-0.05, 0) is 13.3 Å². The molecule has 0 spiro atoms. The Balaban J connectivity index is 2.23. The van der Waals surface area contributed by atoms with Crippen LogP contribution >= 0.6 is 0 Å². The number of carbonyl (C=O) groups is 2. The predicted octanol–water partition coefficient (Wildman–Crippen LogP) is -0.453. The fourth-order valence-corrected chi connectivity index (χ4v) is 1.66. The number of urea groups is 1. The number of hydrogen-bond donors (Lipinski definition) is 1. The number of fused-ring (bicyclic) bond motifs is 1. The van der Waals surface area contributed by atoms with Crippen molar-refractivity contribution in [2.75, 3.05) is 13.1 Å². The lowest BCUT2D eigenvalue weighted by Crippen LogP contribution is -2.62. The lowest BCUT2D eigenvalue weighted by Gasteiger charge is -2.36.